The normalized spacial score (nSPS) is 12.2. The monoisotopic (exact) mass is 659 g/mol. The number of pyridine rings is 3. The van der Waals surface area contributed by atoms with Gasteiger partial charge in [0.25, 0.3) is 0 Å². The summed E-state index contributed by atoms with van der Waals surface area (Å²) in [6.45, 7) is -2.24. The van der Waals surface area contributed by atoms with Crippen LogP contribution >= 0.6 is 0 Å². The Morgan fingerprint density at radius 3 is 2.16 bits per heavy atom. The molecular weight excluding hydrogens is 635 g/mol. The Morgan fingerprint density at radius 2 is 1.43 bits per heavy atom. The summed E-state index contributed by atoms with van der Waals surface area (Å²) in [5, 5.41) is 2.70. The van der Waals surface area contributed by atoms with Crippen LogP contribution in [0.3, 0.4) is 0 Å². The molecule has 0 amide bonds. The summed E-state index contributed by atoms with van der Waals surface area (Å²) in [4.78, 5) is 12.9. The van der Waals surface area contributed by atoms with Crippen molar-refractivity contribution in [2.45, 2.75) is 6.85 Å². The number of aromatic nitrogens is 3. The Morgan fingerprint density at radius 1 is 0.676 bits per heavy atom. The minimum Gasteiger partial charge on any atom is -0.500 e. The number of furan rings is 1. The van der Waals surface area contributed by atoms with Gasteiger partial charge in [-0.15, -0.1) is 54.1 Å². The first-order chi connectivity index (χ1) is 19.0. The summed E-state index contributed by atoms with van der Waals surface area (Å²) in [7, 11) is 0. The van der Waals surface area contributed by atoms with Crippen molar-refractivity contribution in [2.75, 3.05) is 0 Å². The van der Waals surface area contributed by atoms with Crippen molar-refractivity contribution in [3.63, 3.8) is 0 Å². The number of fused-ring (bicyclic) bond motifs is 5. The van der Waals surface area contributed by atoms with Gasteiger partial charge in [-0.05, 0) is 54.6 Å². The van der Waals surface area contributed by atoms with Gasteiger partial charge in [-0.2, -0.15) is 0 Å². The zero-order valence-electron chi connectivity index (χ0n) is 22.5. The third-order valence-corrected chi connectivity index (χ3v) is 5.84. The summed E-state index contributed by atoms with van der Waals surface area (Å²) in [5.41, 5.74) is 5.66. The second-order valence-corrected chi connectivity index (χ2v) is 8.11. The summed E-state index contributed by atoms with van der Waals surface area (Å²) in [6.07, 6.45) is 3.52. The molecule has 0 unspecified atom stereocenters. The van der Waals surface area contributed by atoms with Gasteiger partial charge in [0.1, 0.15) is 5.58 Å². The first-order valence-corrected chi connectivity index (χ1v) is 11.5. The fraction of sp³-hybridized carbons (Fsp3) is 0.0312. The molecule has 0 aliphatic heterocycles. The molecule has 0 saturated carbocycles. The Hall–Kier alpha value is -4.18. The predicted molar refractivity (Wildman–Crippen MR) is 144 cm³/mol. The van der Waals surface area contributed by atoms with E-state index in [0.717, 1.165) is 38.7 Å². The molecule has 3 aromatic carbocycles. The predicted octanol–water partition coefficient (Wildman–Crippen LogP) is 7.85. The minimum atomic E-state index is -2.24. The van der Waals surface area contributed by atoms with Crippen LogP contribution < -0.4 is 0 Å². The van der Waals surface area contributed by atoms with E-state index in [0.29, 0.717) is 16.7 Å². The Bertz CT molecular complexity index is 1850. The third-order valence-electron chi connectivity index (χ3n) is 5.84. The van der Waals surface area contributed by atoms with E-state index in [9.17, 15) is 0 Å². The molecule has 5 heteroatoms. The molecule has 0 bridgehead atoms. The zero-order chi connectivity index (χ0) is 26.8. The van der Waals surface area contributed by atoms with Crippen LogP contribution in [-0.4, -0.2) is 15.0 Å². The average molecular weight is 659 g/mol. The molecule has 0 aliphatic rings. The molecule has 0 fully saturated rings. The number of hydrogen-bond donors (Lipinski definition) is 0. The maximum atomic E-state index is 7.56. The summed E-state index contributed by atoms with van der Waals surface area (Å²) < 4.78 is 28.9. The van der Waals surface area contributed by atoms with Crippen molar-refractivity contribution in [3.8, 4) is 22.5 Å². The van der Waals surface area contributed by atoms with Gasteiger partial charge in [-0.3, -0.25) is 4.98 Å². The number of benzene rings is 3. The minimum absolute atomic E-state index is 0. The van der Waals surface area contributed by atoms with E-state index >= 15 is 0 Å². The quantitative estimate of drug-likeness (QED) is 0.178. The van der Waals surface area contributed by atoms with Crippen molar-refractivity contribution < 1.29 is 28.6 Å². The van der Waals surface area contributed by atoms with Gasteiger partial charge in [0.15, 0.2) is 0 Å². The Kier molecular flexibility index (Phi) is 6.14. The first-order valence-electron chi connectivity index (χ1n) is 13.0. The molecule has 0 aliphatic carbocycles. The van der Waals surface area contributed by atoms with Gasteiger partial charge in [-0.1, -0.05) is 35.2 Å². The van der Waals surface area contributed by atoms with E-state index in [1.54, 1.807) is 18.5 Å². The Balaban J connectivity index is 0.000000209. The van der Waals surface area contributed by atoms with Crippen LogP contribution in [0.15, 0.2) is 114 Å². The fourth-order valence-electron chi connectivity index (χ4n) is 4.18. The molecule has 1 radical (unpaired) electrons. The van der Waals surface area contributed by atoms with Crippen LogP contribution in [0.2, 0.25) is 0 Å². The van der Waals surface area contributed by atoms with E-state index in [1.165, 1.54) is 6.07 Å². The van der Waals surface area contributed by atoms with Gasteiger partial charge in [0, 0.05) is 53.1 Å². The molecule has 4 aromatic heterocycles. The fourth-order valence-corrected chi connectivity index (χ4v) is 4.18. The van der Waals surface area contributed by atoms with Crippen LogP contribution in [0.1, 0.15) is 9.81 Å². The molecule has 7 aromatic rings. The van der Waals surface area contributed by atoms with E-state index in [4.69, 9.17) is 8.53 Å². The van der Waals surface area contributed by atoms with Crippen LogP contribution in [0.5, 0.6) is 0 Å². The van der Waals surface area contributed by atoms with Gasteiger partial charge in [0.05, 0.1) is 11.1 Å². The molecule has 0 atom stereocenters. The third kappa shape index (κ3) is 4.92. The van der Waals surface area contributed by atoms with Crippen molar-refractivity contribution in [3.05, 3.63) is 127 Å². The average Bonchev–Trinajstić information content (AvgIpc) is 3.38. The van der Waals surface area contributed by atoms with Crippen LogP contribution in [0.4, 0.5) is 0 Å². The van der Waals surface area contributed by atoms with Crippen LogP contribution in [0.25, 0.3) is 55.4 Å². The second kappa shape index (κ2) is 10.8. The largest absolute Gasteiger partial charge is 0.500 e. The molecule has 37 heavy (non-hydrogen) atoms. The molecular formula is C32H21IrN3O-2. The molecule has 0 N–H and O–H groups in total. The van der Waals surface area contributed by atoms with Crippen molar-refractivity contribution in [2.24, 2.45) is 0 Å². The smallest absolute Gasteiger partial charge is 0.130 e. The first kappa shape index (κ1) is 21.0. The molecule has 4 heterocycles. The molecule has 0 saturated heterocycles. The van der Waals surface area contributed by atoms with E-state index in [1.807, 2.05) is 84.9 Å². The molecule has 7 rings (SSSR count). The maximum Gasteiger partial charge on any atom is 0.130 e. The zero-order valence-corrected chi connectivity index (χ0v) is 21.9. The molecule has 0 spiro atoms. The molecule has 181 valence electrons. The number of nitrogens with zero attached hydrogens (tertiary/aromatic N) is 3. The summed E-state index contributed by atoms with van der Waals surface area (Å²) in [5.74, 6) is 0. The van der Waals surface area contributed by atoms with E-state index in [2.05, 4.69) is 27.1 Å². The number of aryl methyl sites for hydroxylation is 1. The summed E-state index contributed by atoms with van der Waals surface area (Å²) >= 11 is 0. The molecule has 4 nitrogen and oxygen atoms in total. The van der Waals surface area contributed by atoms with Crippen LogP contribution in [-0.2, 0) is 20.1 Å². The van der Waals surface area contributed by atoms with Crippen LogP contribution in [0, 0.1) is 19.0 Å². The van der Waals surface area contributed by atoms with Crippen molar-refractivity contribution in [1.82, 2.24) is 15.0 Å². The topological polar surface area (TPSA) is 51.8 Å². The van der Waals surface area contributed by atoms with Gasteiger partial charge in [0.2, 0.25) is 0 Å². The SMILES string of the molecule is [2H]C([2H])([2H])c1ccc2c(ccc3c4cc[c-]c(-c5ccccn5)c4oc23)n1.[Ir].[c-]1ccccc1-c1ccccn1. The van der Waals surface area contributed by atoms with E-state index in [-0.39, 0.29) is 25.8 Å². The second-order valence-electron chi connectivity index (χ2n) is 8.11. The number of hydrogen-bond acceptors (Lipinski definition) is 4. The van der Waals surface area contributed by atoms with E-state index < -0.39 is 6.85 Å². The Labute approximate surface area is 232 Å². The van der Waals surface area contributed by atoms with Crippen molar-refractivity contribution >= 4 is 32.8 Å². The maximum absolute atomic E-state index is 7.56. The van der Waals surface area contributed by atoms with Crippen molar-refractivity contribution in [1.29, 1.82) is 0 Å². The summed E-state index contributed by atoms with van der Waals surface area (Å²) in [6, 6.07) is 36.6. The van der Waals surface area contributed by atoms with Gasteiger partial charge < -0.3 is 14.4 Å². The van der Waals surface area contributed by atoms with Gasteiger partial charge in [-0.25, -0.2) is 0 Å². The van der Waals surface area contributed by atoms with Gasteiger partial charge >= 0.3 is 0 Å². The number of rotatable bonds is 2. The standard InChI is InChI=1S/C21H13N2O.C11H8N.Ir/c1-13-8-9-17-19(23-13)11-10-15-14-5-4-6-16(20(14)24-21(15)17)18-7-2-3-12-22-18;1-2-6-10(7-3-1)11-8-4-5-9-12-11;/h2-5,7-12H,1H3;1-6,8-9H;/q2*-1;/i1D3;;.